The van der Waals surface area contributed by atoms with Crippen molar-refractivity contribution in [1.29, 1.82) is 0 Å². The molecule has 3 heterocycles. The van der Waals surface area contributed by atoms with Gasteiger partial charge in [0.05, 0.1) is 15.7 Å². The number of carbonyl (C=O) groups excluding carboxylic acids is 1. The van der Waals surface area contributed by atoms with Crippen molar-refractivity contribution < 1.29 is 4.79 Å². The predicted octanol–water partition coefficient (Wildman–Crippen LogP) is 9.30. The van der Waals surface area contributed by atoms with E-state index in [-0.39, 0.29) is 41.6 Å². The summed E-state index contributed by atoms with van der Waals surface area (Å²) in [5.74, 6) is 0.105. The summed E-state index contributed by atoms with van der Waals surface area (Å²) in [6.07, 6.45) is 7.12. The highest BCUT2D eigenvalue weighted by Crippen LogP contribution is 2.43. The second-order valence-corrected chi connectivity index (χ2v) is 14.1. The van der Waals surface area contributed by atoms with Crippen LogP contribution in [0.25, 0.3) is 0 Å². The molecule has 3 aromatic carbocycles. The zero-order chi connectivity index (χ0) is 30.6. The Hall–Kier alpha value is -2.32. The lowest BCUT2D eigenvalue weighted by Gasteiger charge is -2.42. The molecule has 5 nitrogen and oxygen atoms in total. The molecule has 0 saturated carbocycles. The van der Waals surface area contributed by atoms with Gasteiger partial charge in [0.1, 0.15) is 0 Å². The molecule has 2 aliphatic rings. The number of likely N-dealkylation sites (tertiary alicyclic amines) is 2. The first-order valence-electron chi connectivity index (χ1n) is 15.7. The Labute approximate surface area is 299 Å². The zero-order valence-corrected chi connectivity index (χ0v) is 29.8. The first-order chi connectivity index (χ1) is 21.4. The van der Waals surface area contributed by atoms with Crippen LogP contribution < -0.4 is 5.73 Å². The Balaban J connectivity index is 0.00000240. The fourth-order valence-electron chi connectivity index (χ4n) is 7.39. The van der Waals surface area contributed by atoms with Crippen LogP contribution in [0.3, 0.4) is 0 Å². The minimum Gasteiger partial charge on any atom is -0.375 e. The summed E-state index contributed by atoms with van der Waals surface area (Å²) in [4.78, 5) is 23.1. The number of benzene rings is 3. The molecule has 0 aliphatic carbocycles. The molecule has 1 unspecified atom stereocenters. The fourth-order valence-corrected chi connectivity index (χ4v) is 8.35. The van der Waals surface area contributed by atoms with Crippen molar-refractivity contribution in [2.75, 3.05) is 38.5 Å². The van der Waals surface area contributed by atoms with Gasteiger partial charge in [-0.2, -0.15) is 0 Å². The summed E-state index contributed by atoms with van der Waals surface area (Å²) in [5, 5.41) is 3.92. The topological polar surface area (TPSA) is 62.5 Å². The highest BCUT2D eigenvalue weighted by molar-refractivity contribution is 7.13. The van der Waals surface area contributed by atoms with Crippen molar-refractivity contribution in [3.05, 3.63) is 117 Å². The number of rotatable bonds is 8. The first-order valence-corrected chi connectivity index (χ1v) is 17.3. The normalized spacial score (nSPS) is 19.8. The van der Waals surface area contributed by atoms with E-state index in [1.807, 2.05) is 42.5 Å². The molecule has 46 heavy (non-hydrogen) atoms. The number of nitrogen functional groups attached to an aromatic ring is 1. The van der Waals surface area contributed by atoms with Crippen LogP contribution in [0.15, 0.2) is 84.2 Å². The van der Waals surface area contributed by atoms with Gasteiger partial charge in [0.2, 0.25) is 0 Å². The Kier molecular flexibility index (Phi) is 12.8. The number of carbonyl (C=O) groups is 1. The van der Waals surface area contributed by atoms with Crippen molar-refractivity contribution in [3.63, 3.8) is 0 Å². The van der Waals surface area contributed by atoms with E-state index >= 15 is 0 Å². The van der Waals surface area contributed by atoms with Crippen molar-refractivity contribution in [2.24, 2.45) is 0 Å². The van der Waals surface area contributed by atoms with Gasteiger partial charge in [-0.15, -0.1) is 36.2 Å². The van der Waals surface area contributed by atoms with Crippen LogP contribution in [0, 0.1) is 0 Å². The molecule has 6 rings (SSSR count). The van der Waals surface area contributed by atoms with Gasteiger partial charge in [0, 0.05) is 34.9 Å². The molecule has 4 aromatic rings. The minimum atomic E-state index is -0.184. The van der Waals surface area contributed by atoms with Crippen molar-refractivity contribution in [1.82, 2.24) is 14.8 Å². The van der Waals surface area contributed by atoms with E-state index in [0.29, 0.717) is 21.7 Å². The molecule has 1 atom stereocenters. The van der Waals surface area contributed by atoms with Crippen molar-refractivity contribution >= 4 is 70.4 Å². The lowest BCUT2D eigenvalue weighted by molar-refractivity contribution is 0.0719. The minimum absolute atomic E-state index is 0. The number of amides is 1. The molecular formula is C36H42Cl4N4OS. The molecule has 2 N–H and O–H groups in total. The highest BCUT2D eigenvalue weighted by Gasteiger charge is 2.41. The monoisotopic (exact) mass is 718 g/mol. The molecule has 1 aromatic heterocycles. The summed E-state index contributed by atoms with van der Waals surface area (Å²) in [5.41, 5.74) is 10.2. The van der Waals surface area contributed by atoms with Gasteiger partial charge in [0.25, 0.3) is 5.91 Å². The van der Waals surface area contributed by atoms with Crippen LogP contribution in [0.4, 0.5) is 5.13 Å². The van der Waals surface area contributed by atoms with Gasteiger partial charge in [0.15, 0.2) is 5.13 Å². The average Bonchev–Trinajstić information content (AvgIpc) is 3.39. The summed E-state index contributed by atoms with van der Waals surface area (Å²) in [6.45, 7) is 4.47. The van der Waals surface area contributed by atoms with Crippen LogP contribution >= 0.6 is 59.4 Å². The average molecular weight is 721 g/mol. The van der Waals surface area contributed by atoms with E-state index in [4.69, 9.17) is 33.9 Å². The maximum absolute atomic E-state index is 13.7. The standard InChI is InChI=1S/C36H40Cl2N4OS.2ClH/c37-30-15-14-29(24-31(30)38)35(16-7-8-21-42(26-35)33(43)27-10-3-1-4-11-27)17-9-20-41-22-18-36(19-23-41,28-12-5-2-6-13-28)32-25-44-34(39)40-32;;/h1-6,10-15,24-25H,7-9,16-23,26H2,(H2,39,40);2*1H. The van der Waals surface area contributed by atoms with E-state index in [1.165, 1.54) is 22.5 Å². The second-order valence-electron chi connectivity index (χ2n) is 12.4. The maximum atomic E-state index is 13.7. The van der Waals surface area contributed by atoms with Gasteiger partial charge < -0.3 is 15.5 Å². The van der Waals surface area contributed by atoms with Gasteiger partial charge in [-0.3, -0.25) is 4.79 Å². The van der Waals surface area contributed by atoms with E-state index in [0.717, 1.165) is 82.4 Å². The quantitative estimate of drug-likeness (QED) is 0.197. The SMILES string of the molecule is Cl.Cl.Nc1nc(C2(c3ccccc3)CCN(CCCC3(c4ccc(Cl)c(Cl)c4)CCCCN(C(=O)c4ccccc4)C3)CC2)cs1. The summed E-state index contributed by atoms with van der Waals surface area (Å²) in [6, 6.07) is 26.5. The number of nitrogens with two attached hydrogens (primary N) is 1. The third-order valence-corrected chi connectivity index (χ3v) is 11.3. The Morgan fingerprint density at radius 2 is 1.54 bits per heavy atom. The summed E-state index contributed by atoms with van der Waals surface area (Å²) in [7, 11) is 0. The molecule has 0 spiro atoms. The molecular weight excluding hydrogens is 678 g/mol. The Morgan fingerprint density at radius 1 is 0.848 bits per heavy atom. The van der Waals surface area contributed by atoms with Gasteiger partial charge in [-0.05, 0) is 93.6 Å². The number of piperidine rings is 1. The summed E-state index contributed by atoms with van der Waals surface area (Å²) < 4.78 is 0. The molecule has 2 aliphatic heterocycles. The molecule has 10 heteroatoms. The first kappa shape index (κ1) is 36.5. The number of hydrogen-bond donors (Lipinski definition) is 1. The summed E-state index contributed by atoms with van der Waals surface area (Å²) >= 11 is 14.5. The highest BCUT2D eigenvalue weighted by atomic mass is 35.5. The van der Waals surface area contributed by atoms with Crippen LogP contribution in [-0.4, -0.2) is 53.4 Å². The Bertz CT molecular complexity index is 1560. The van der Waals surface area contributed by atoms with E-state index in [2.05, 4.69) is 51.6 Å². The Morgan fingerprint density at radius 3 is 2.20 bits per heavy atom. The number of anilines is 1. The molecule has 0 bridgehead atoms. The largest absolute Gasteiger partial charge is 0.375 e. The van der Waals surface area contributed by atoms with Crippen LogP contribution in [0.5, 0.6) is 0 Å². The third-order valence-electron chi connectivity index (χ3n) is 9.84. The van der Waals surface area contributed by atoms with E-state index in [1.54, 1.807) is 0 Å². The van der Waals surface area contributed by atoms with Gasteiger partial charge in [-0.1, -0.05) is 84.2 Å². The number of hydrogen-bond acceptors (Lipinski definition) is 5. The molecule has 0 radical (unpaired) electrons. The van der Waals surface area contributed by atoms with Crippen LogP contribution in [0.1, 0.15) is 72.1 Å². The van der Waals surface area contributed by atoms with Crippen molar-refractivity contribution in [2.45, 2.75) is 55.8 Å². The van der Waals surface area contributed by atoms with Crippen molar-refractivity contribution in [3.8, 4) is 0 Å². The number of aromatic nitrogens is 1. The van der Waals surface area contributed by atoms with Crippen LogP contribution in [0.2, 0.25) is 10.0 Å². The fraction of sp³-hybridized carbons (Fsp3) is 0.389. The molecule has 1 amide bonds. The number of thiazole rings is 1. The molecule has 2 saturated heterocycles. The lowest BCUT2D eigenvalue weighted by Crippen LogP contribution is -2.45. The molecule has 2 fully saturated rings. The van der Waals surface area contributed by atoms with Gasteiger partial charge in [-0.25, -0.2) is 4.98 Å². The van der Waals surface area contributed by atoms with Gasteiger partial charge >= 0.3 is 0 Å². The van der Waals surface area contributed by atoms with E-state index in [9.17, 15) is 4.79 Å². The van der Waals surface area contributed by atoms with Crippen LogP contribution in [-0.2, 0) is 10.8 Å². The number of halogens is 4. The maximum Gasteiger partial charge on any atom is 0.253 e. The smallest absolute Gasteiger partial charge is 0.253 e. The number of nitrogens with zero attached hydrogens (tertiary/aromatic N) is 3. The van der Waals surface area contributed by atoms with E-state index < -0.39 is 0 Å². The second kappa shape index (κ2) is 16.2. The zero-order valence-electron chi connectivity index (χ0n) is 25.9. The predicted molar refractivity (Wildman–Crippen MR) is 197 cm³/mol. The third kappa shape index (κ3) is 7.86. The lowest BCUT2D eigenvalue weighted by atomic mass is 9.70. The molecule has 246 valence electrons.